The summed E-state index contributed by atoms with van der Waals surface area (Å²) in [7, 11) is 2.90. The van der Waals surface area contributed by atoms with E-state index in [4.69, 9.17) is 9.47 Å². The van der Waals surface area contributed by atoms with E-state index in [-0.39, 0.29) is 11.8 Å². The molecular formula is C17H19N3O3. The molecule has 0 spiro atoms. The zero-order valence-electron chi connectivity index (χ0n) is 13.4. The van der Waals surface area contributed by atoms with Crippen molar-refractivity contribution < 1.29 is 14.3 Å². The van der Waals surface area contributed by atoms with Crippen LogP contribution in [-0.2, 0) is 16.7 Å². The molecule has 23 heavy (non-hydrogen) atoms. The van der Waals surface area contributed by atoms with Crippen LogP contribution in [0.2, 0.25) is 0 Å². The second-order valence-electron chi connectivity index (χ2n) is 6.10. The van der Waals surface area contributed by atoms with Crippen molar-refractivity contribution in [2.45, 2.75) is 25.3 Å². The Morgan fingerprint density at radius 2 is 2.26 bits per heavy atom. The molecule has 6 nitrogen and oxygen atoms in total. The van der Waals surface area contributed by atoms with Crippen LogP contribution < -0.4 is 10.1 Å². The van der Waals surface area contributed by atoms with Gasteiger partial charge in [0.2, 0.25) is 5.88 Å². The van der Waals surface area contributed by atoms with E-state index in [2.05, 4.69) is 22.4 Å². The number of alkyl carbamates (subject to hydrolysis) is 1. The predicted molar refractivity (Wildman–Crippen MR) is 82.7 cm³/mol. The number of carbonyl (C=O) groups excluding carboxylic acids is 1. The van der Waals surface area contributed by atoms with Gasteiger partial charge in [0.1, 0.15) is 0 Å². The van der Waals surface area contributed by atoms with E-state index >= 15 is 0 Å². The highest BCUT2D eigenvalue weighted by Crippen LogP contribution is 2.50. The number of ether oxygens (including phenoxy) is 2. The second-order valence-corrected chi connectivity index (χ2v) is 6.10. The molecule has 0 aromatic carbocycles. The number of nitriles is 1. The molecule has 0 saturated heterocycles. The zero-order valence-corrected chi connectivity index (χ0v) is 13.4. The van der Waals surface area contributed by atoms with Crippen molar-refractivity contribution >= 4 is 6.09 Å². The molecule has 1 aromatic heterocycles. The maximum absolute atomic E-state index is 12.0. The molecular weight excluding hydrogens is 294 g/mol. The summed E-state index contributed by atoms with van der Waals surface area (Å²) in [6.45, 7) is 2.02. The van der Waals surface area contributed by atoms with E-state index in [1.54, 1.807) is 13.2 Å². The van der Waals surface area contributed by atoms with Gasteiger partial charge in [-0.15, -0.1) is 0 Å². The smallest absolute Gasteiger partial charge is 0.407 e. The van der Waals surface area contributed by atoms with Gasteiger partial charge in [-0.2, -0.15) is 5.26 Å². The maximum atomic E-state index is 12.0. The summed E-state index contributed by atoms with van der Waals surface area (Å²) in [4.78, 5) is 16.5. The van der Waals surface area contributed by atoms with Gasteiger partial charge in [-0.1, -0.05) is 11.6 Å². The Labute approximate surface area is 135 Å². The van der Waals surface area contributed by atoms with Gasteiger partial charge in [-0.25, -0.2) is 9.78 Å². The summed E-state index contributed by atoms with van der Waals surface area (Å²) in [6.07, 6.45) is 2.81. The SMILES string of the molecule is COC(=O)N[C@]12CC(C)=C[C@H](Cc3nc(OC)ccc31)[C@H]2C#N. The first kappa shape index (κ1) is 15.3. The molecule has 1 aromatic rings. The number of rotatable bonds is 2. The summed E-state index contributed by atoms with van der Waals surface area (Å²) in [5.74, 6) is 0.192. The first-order valence-electron chi connectivity index (χ1n) is 7.51. The average Bonchev–Trinajstić information content (AvgIpc) is 2.53. The Morgan fingerprint density at radius 3 is 2.91 bits per heavy atom. The summed E-state index contributed by atoms with van der Waals surface area (Å²) < 4.78 is 10.0. The van der Waals surface area contributed by atoms with Crippen molar-refractivity contribution in [2.75, 3.05) is 14.2 Å². The van der Waals surface area contributed by atoms with Gasteiger partial charge in [-0.05, 0) is 25.8 Å². The Kier molecular flexibility index (Phi) is 3.72. The van der Waals surface area contributed by atoms with Crippen LogP contribution in [0.3, 0.4) is 0 Å². The van der Waals surface area contributed by atoms with Crippen LogP contribution in [0.5, 0.6) is 5.88 Å². The van der Waals surface area contributed by atoms with E-state index in [9.17, 15) is 10.1 Å². The van der Waals surface area contributed by atoms with Crippen LogP contribution in [0.15, 0.2) is 23.8 Å². The fraction of sp³-hybridized carbons (Fsp3) is 0.471. The van der Waals surface area contributed by atoms with Crippen molar-refractivity contribution in [3.8, 4) is 11.9 Å². The van der Waals surface area contributed by atoms with E-state index < -0.39 is 11.6 Å². The lowest BCUT2D eigenvalue weighted by molar-refractivity contribution is 0.125. The number of amides is 1. The topological polar surface area (TPSA) is 84.2 Å². The highest BCUT2D eigenvalue weighted by molar-refractivity contribution is 5.69. The van der Waals surface area contributed by atoms with Crippen molar-refractivity contribution in [1.29, 1.82) is 5.26 Å². The van der Waals surface area contributed by atoms with Gasteiger partial charge in [0.25, 0.3) is 0 Å². The van der Waals surface area contributed by atoms with Crippen molar-refractivity contribution in [3.63, 3.8) is 0 Å². The number of aromatic nitrogens is 1. The van der Waals surface area contributed by atoms with E-state index in [0.29, 0.717) is 18.7 Å². The normalized spacial score (nSPS) is 28.0. The molecule has 2 aliphatic carbocycles. The highest BCUT2D eigenvalue weighted by atomic mass is 16.5. The number of hydrogen-bond acceptors (Lipinski definition) is 5. The summed E-state index contributed by atoms with van der Waals surface area (Å²) in [5, 5.41) is 12.7. The molecule has 2 bridgehead atoms. The van der Waals surface area contributed by atoms with Gasteiger partial charge in [0.05, 0.1) is 37.4 Å². The Bertz CT molecular complexity index is 722. The molecule has 120 valence electrons. The molecule has 0 radical (unpaired) electrons. The number of carbonyl (C=O) groups is 1. The van der Waals surface area contributed by atoms with Gasteiger partial charge >= 0.3 is 6.09 Å². The molecule has 0 saturated carbocycles. The molecule has 0 fully saturated rings. The standard InChI is InChI=1S/C17H19N3O3/c1-10-6-11-7-14-12(4-5-15(19-14)22-2)17(8-10,13(11)9-18)20-16(21)23-3/h4-6,11,13H,7-8H2,1-3H3,(H,20,21)/t11-,13-,17-/m1/s1. The highest BCUT2D eigenvalue weighted by Gasteiger charge is 2.52. The third-order valence-electron chi connectivity index (χ3n) is 4.73. The Hall–Kier alpha value is -2.55. The van der Waals surface area contributed by atoms with Crippen molar-refractivity contribution in [2.24, 2.45) is 11.8 Å². The van der Waals surface area contributed by atoms with Crippen LogP contribution in [0.4, 0.5) is 4.79 Å². The number of hydrogen-bond donors (Lipinski definition) is 1. The van der Waals surface area contributed by atoms with Crippen LogP contribution in [-0.4, -0.2) is 25.3 Å². The van der Waals surface area contributed by atoms with Crippen LogP contribution in [0.25, 0.3) is 0 Å². The summed E-state index contributed by atoms with van der Waals surface area (Å²) in [5.41, 5.74) is 2.08. The number of pyridine rings is 1. The third-order valence-corrected chi connectivity index (χ3v) is 4.73. The van der Waals surface area contributed by atoms with Crippen molar-refractivity contribution in [3.05, 3.63) is 35.0 Å². The maximum Gasteiger partial charge on any atom is 0.407 e. The lowest BCUT2D eigenvalue weighted by Crippen LogP contribution is -2.57. The van der Waals surface area contributed by atoms with E-state index in [1.807, 2.05) is 13.0 Å². The van der Waals surface area contributed by atoms with Gasteiger partial charge in [0, 0.05) is 17.5 Å². The lowest BCUT2D eigenvalue weighted by Gasteiger charge is -2.48. The molecule has 1 N–H and O–H groups in total. The van der Waals surface area contributed by atoms with Crippen molar-refractivity contribution in [1.82, 2.24) is 10.3 Å². The molecule has 2 aliphatic rings. The second kappa shape index (κ2) is 5.58. The minimum absolute atomic E-state index is 0.0120. The van der Waals surface area contributed by atoms with E-state index in [0.717, 1.165) is 16.8 Å². The van der Waals surface area contributed by atoms with Crippen LogP contribution >= 0.6 is 0 Å². The van der Waals surface area contributed by atoms with Gasteiger partial charge in [0.15, 0.2) is 0 Å². The number of nitrogens with zero attached hydrogens (tertiary/aromatic N) is 2. The predicted octanol–water partition coefficient (Wildman–Crippen LogP) is 2.30. The molecule has 0 unspecified atom stereocenters. The fourth-order valence-corrected chi connectivity index (χ4v) is 3.88. The van der Waals surface area contributed by atoms with Crippen LogP contribution in [0.1, 0.15) is 24.6 Å². The number of fused-ring (bicyclic) bond motifs is 4. The average molecular weight is 313 g/mol. The summed E-state index contributed by atoms with van der Waals surface area (Å²) >= 11 is 0. The molecule has 3 atom stereocenters. The van der Waals surface area contributed by atoms with Gasteiger partial charge in [-0.3, -0.25) is 0 Å². The number of methoxy groups -OCH3 is 2. The Morgan fingerprint density at radius 1 is 1.48 bits per heavy atom. The summed E-state index contributed by atoms with van der Waals surface area (Å²) in [6, 6.07) is 6.06. The monoisotopic (exact) mass is 313 g/mol. The largest absolute Gasteiger partial charge is 0.481 e. The van der Waals surface area contributed by atoms with Crippen LogP contribution in [0, 0.1) is 23.2 Å². The Balaban J connectivity index is 2.19. The zero-order chi connectivity index (χ0) is 16.6. The fourth-order valence-electron chi connectivity index (χ4n) is 3.88. The minimum Gasteiger partial charge on any atom is -0.481 e. The first-order valence-corrected chi connectivity index (χ1v) is 7.51. The third kappa shape index (κ3) is 2.33. The quantitative estimate of drug-likeness (QED) is 0.847. The van der Waals surface area contributed by atoms with E-state index in [1.165, 1.54) is 7.11 Å². The van der Waals surface area contributed by atoms with Gasteiger partial charge < -0.3 is 14.8 Å². The molecule has 1 amide bonds. The number of nitrogens with one attached hydrogen (secondary N) is 1. The molecule has 6 heteroatoms. The molecule has 3 rings (SSSR count). The molecule has 1 heterocycles. The first-order chi connectivity index (χ1) is 11.0. The minimum atomic E-state index is -0.807. The lowest BCUT2D eigenvalue weighted by atomic mass is 9.60. The number of allylic oxidation sites excluding steroid dienone is 1. The molecule has 0 aliphatic heterocycles.